The second kappa shape index (κ2) is 2.43. The lowest BCUT2D eigenvalue weighted by Gasteiger charge is -1.89. The summed E-state index contributed by atoms with van der Waals surface area (Å²) in [6, 6.07) is 0. The summed E-state index contributed by atoms with van der Waals surface area (Å²) in [5, 5.41) is 0. The standard InChI is InChI=1S/C5H7NO/c1-2-6-3-5-7-4-1/h5H,1-2,4H2. The van der Waals surface area contributed by atoms with Gasteiger partial charge in [0.15, 0.2) is 0 Å². The average Bonchev–Trinajstić information content (AvgIpc) is 1.90. The van der Waals surface area contributed by atoms with Crippen LogP contribution in [0.25, 0.3) is 0 Å². The number of hydrogen-bond acceptors (Lipinski definition) is 2. The third-order valence-corrected chi connectivity index (χ3v) is 0.759. The van der Waals surface area contributed by atoms with Gasteiger partial charge in [-0.05, 0) is 0 Å². The third-order valence-electron chi connectivity index (χ3n) is 0.759. The highest BCUT2D eigenvalue weighted by atomic mass is 16.5. The van der Waals surface area contributed by atoms with Crippen LogP contribution in [0.15, 0.2) is 11.3 Å². The quantitative estimate of drug-likeness (QED) is 0.433. The molecule has 1 aliphatic heterocycles. The van der Waals surface area contributed by atoms with Gasteiger partial charge < -0.3 is 4.74 Å². The Hall–Kier alpha value is -0.750. The van der Waals surface area contributed by atoms with Crippen LogP contribution in [0.2, 0.25) is 0 Å². The highest BCUT2D eigenvalue weighted by Crippen LogP contribution is 1.85. The second-order valence-corrected chi connectivity index (χ2v) is 1.35. The van der Waals surface area contributed by atoms with Crippen LogP contribution in [-0.2, 0) is 4.74 Å². The Kier molecular flexibility index (Phi) is 1.53. The Morgan fingerprint density at radius 1 is 1.71 bits per heavy atom. The van der Waals surface area contributed by atoms with E-state index in [1.807, 2.05) is 0 Å². The van der Waals surface area contributed by atoms with E-state index in [1.54, 1.807) is 0 Å². The molecule has 2 nitrogen and oxygen atoms in total. The van der Waals surface area contributed by atoms with Gasteiger partial charge in [0.05, 0.1) is 13.2 Å². The normalized spacial score (nSPS) is 18.3. The van der Waals surface area contributed by atoms with Crippen LogP contribution < -0.4 is 0 Å². The van der Waals surface area contributed by atoms with Gasteiger partial charge >= 0.3 is 0 Å². The molecule has 0 aliphatic carbocycles. The third kappa shape index (κ3) is 1.42. The zero-order chi connectivity index (χ0) is 4.95. The first-order chi connectivity index (χ1) is 3.50. The fourth-order valence-corrected chi connectivity index (χ4v) is 0.425. The molecule has 0 aromatic heterocycles. The SMILES string of the molecule is C1=COCCCN=1. The molecule has 0 saturated heterocycles. The fourth-order valence-electron chi connectivity index (χ4n) is 0.425. The lowest BCUT2D eigenvalue weighted by molar-refractivity contribution is 0.254. The summed E-state index contributed by atoms with van der Waals surface area (Å²) in [7, 11) is 0. The first-order valence-corrected chi connectivity index (χ1v) is 2.35. The Morgan fingerprint density at radius 3 is 3.71 bits per heavy atom. The monoisotopic (exact) mass is 97.1 g/mol. The number of nitrogens with zero attached hydrogens (tertiary/aromatic N) is 1. The predicted molar refractivity (Wildman–Crippen MR) is 27.4 cm³/mol. The molecule has 0 spiro atoms. The molecule has 2 heteroatoms. The van der Waals surface area contributed by atoms with Gasteiger partial charge in [0.25, 0.3) is 0 Å². The number of hydrogen-bond donors (Lipinski definition) is 0. The van der Waals surface area contributed by atoms with Gasteiger partial charge in [-0.1, -0.05) is 0 Å². The first-order valence-electron chi connectivity index (χ1n) is 2.35. The summed E-state index contributed by atoms with van der Waals surface area (Å²) in [6.45, 7) is 1.65. The molecule has 1 rings (SSSR count). The molecule has 0 N–H and O–H groups in total. The second-order valence-electron chi connectivity index (χ2n) is 1.35. The minimum absolute atomic E-state index is 0.788. The molecule has 0 fully saturated rings. The van der Waals surface area contributed by atoms with Crippen LogP contribution in [-0.4, -0.2) is 19.0 Å². The van der Waals surface area contributed by atoms with Gasteiger partial charge in [-0.15, -0.1) is 0 Å². The summed E-state index contributed by atoms with van der Waals surface area (Å²) < 4.78 is 4.86. The molecule has 0 atom stereocenters. The van der Waals surface area contributed by atoms with Crippen molar-refractivity contribution in [1.82, 2.24) is 0 Å². The van der Waals surface area contributed by atoms with Crippen molar-refractivity contribution >= 4 is 5.87 Å². The molecule has 1 heterocycles. The Morgan fingerprint density at radius 2 is 2.71 bits per heavy atom. The lowest BCUT2D eigenvalue weighted by Crippen LogP contribution is -1.86. The van der Waals surface area contributed by atoms with Gasteiger partial charge in [-0.3, -0.25) is 0 Å². The van der Waals surface area contributed by atoms with Crippen LogP contribution in [0, 0.1) is 0 Å². The van der Waals surface area contributed by atoms with Crippen LogP contribution >= 0.6 is 0 Å². The number of rotatable bonds is 0. The maximum absolute atomic E-state index is 4.86. The van der Waals surface area contributed by atoms with Crippen molar-refractivity contribution in [3.8, 4) is 0 Å². The van der Waals surface area contributed by atoms with Gasteiger partial charge in [-0.2, -0.15) is 0 Å². The van der Waals surface area contributed by atoms with Crippen molar-refractivity contribution in [2.75, 3.05) is 13.2 Å². The molecule has 38 valence electrons. The van der Waals surface area contributed by atoms with Crippen LogP contribution in [0.4, 0.5) is 0 Å². The van der Waals surface area contributed by atoms with Crippen molar-refractivity contribution in [3.63, 3.8) is 0 Å². The summed E-state index contributed by atoms with van der Waals surface area (Å²) in [4.78, 5) is 3.84. The molecule has 0 unspecified atom stereocenters. The van der Waals surface area contributed by atoms with E-state index >= 15 is 0 Å². The molecule has 0 radical (unpaired) electrons. The van der Waals surface area contributed by atoms with Crippen molar-refractivity contribution in [2.45, 2.75) is 6.42 Å². The van der Waals surface area contributed by atoms with Gasteiger partial charge in [0.2, 0.25) is 0 Å². The van der Waals surface area contributed by atoms with E-state index in [2.05, 4.69) is 10.9 Å². The van der Waals surface area contributed by atoms with Crippen molar-refractivity contribution in [2.24, 2.45) is 4.99 Å². The van der Waals surface area contributed by atoms with Gasteiger partial charge in [0.1, 0.15) is 6.26 Å². The molecular weight excluding hydrogens is 90.1 g/mol. The Labute approximate surface area is 42.5 Å². The minimum Gasteiger partial charge on any atom is -0.491 e. The molecular formula is C5H7NO. The lowest BCUT2D eigenvalue weighted by atomic mass is 10.5. The largest absolute Gasteiger partial charge is 0.491 e. The van der Waals surface area contributed by atoms with Crippen LogP contribution in [0.1, 0.15) is 6.42 Å². The zero-order valence-electron chi connectivity index (χ0n) is 4.05. The minimum atomic E-state index is 0.788. The summed E-state index contributed by atoms with van der Waals surface area (Å²) >= 11 is 0. The molecule has 0 saturated carbocycles. The fraction of sp³-hybridized carbons (Fsp3) is 0.600. The van der Waals surface area contributed by atoms with E-state index in [9.17, 15) is 0 Å². The maximum atomic E-state index is 4.86. The average molecular weight is 97.1 g/mol. The van der Waals surface area contributed by atoms with E-state index in [0.717, 1.165) is 19.6 Å². The van der Waals surface area contributed by atoms with Gasteiger partial charge in [0, 0.05) is 12.3 Å². The number of ether oxygens (including phenoxy) is 1. The summed E-state index contributed by atoms with van der Waals surface area (Å²) in [6.07, 6.45) is 2.52. The van der Waals surface area contributed by atoms with Crippen LogP contribution in [0.5, 0.6) is 0 Å². The Bertz CT molecular complexity index is 92.6. The predicted octanol–water partition coefficient (Wildman–Crippen LogP) is 0.590. The topological polar surface area (TPSA) is 21.6 Å². The molecule has 7 heavy (non-hydrogen) atoms. The molecule has 0 bridgehead atoms. The molecule has 0 amide bonds. The summed E-state index contributed by atoms with van der Waals surface area (Å²) in [5.41, 5.74) is 0. The van der Waals surface area contributed by atoms with Crippen molar-refractivity contribution < 1.29 is 4.74 Å². The smallest absolute Gasteiger partial charge is 0.143 e. The first kappa shape index (κ1) is 4.41. The zero-order valence-corrected chi connectivity index (χ0v) is 4.05. The van der Waals surface area contributed by atoms with Crippen LogP contribution in [0.3, 0.4) is 0 Å². The highest BCUT2D eigenvalue weighted by Gasteiger charge is 1.84. The highest BCUT2D eigenvalue weighted by molar-refractivity contribution is 5.49. The van der Waals surface area contributed by atoms with Crippen molar-refractivity contribution in [3.05, 3.63) is 6.26 Å². The Balaban J connectivity index is 2.40. The van der Waals surface area contributed by atoms with E-state index in [1.165, 1.54) is 6.26 Å². The van der Waals surface area contributed by atoms with Crippen molar-refractivity contribution in [1.29, 1.82) is 0 Å². The summed E-state index contributed by atoms with van der Waals surface area (Å²) in [5.74, 6) is 2.62. The molecule has 0 aromatic rings. The maximum Gasteiger partial charge on any atom is 0.143 e. The van der Waals surface area contributed by atoms with E-state index in [0.29, 0.717) is 0 Å². The molecule has 1 aliphatic rings. The molecule has 0 aromatic carbocycles. The van der Waals surface area contributed by atoms with E-state index < -0.39 is 0 Å². The van der Waals surface area contributed by atoms with E-state index in [4.69, 9.17) is 4.74 Å². The number of aliphatic imine (C=N–C) groups is 1. The van der Waals surface area contributed by atoms with E-state index in [-0.39, 0.29) is 0 Å². The van der Waals surface area contributed by atoms with Gasteiger partial charge in [-0.25, -0.2) is 4.99 Å².